The highest BCUT2D eigenvalue weighted by Gasteiger charge is 2.35. The lowest BCUT2D eigenvalue weighted by molar-refractivity contribution is -0.135. The van der Waals surface area contributed by atoms with Gasteiger partial charge in [0.1, 0.15) is 11.6 Å². The summed E-state index contributed by atoms with van der Waals surface area (Å²) in [5.74, 6) is -0.283. The number of alkyl carbamates (subject to hydrolysis) is 1. The molecule has 1 heterocycles. The van der Waals surface area contributed by atoms with E-state index in [9.17, 15) is 14.7 Å². The molecule has 0 aliphatic carbocycles. The normalized spacial score (nSPS) is 19.0. The zero-order valence-corrected chi connectivity index (χ0v) is 14.5. The summed E-state index contributed by atoms with van der Waals surface area (Å²) in [6, 6.07) is 8.79. The molecule has 2 N–H and O–H groups in total. The van der Waals surface area contributed by atoms with E-state index in [-0.39, 0.29) is 11.9 Å². The van der Waals surface area contributed by atoms with Gasteiger partial charge in [-0.25, -0.2) is 4.79 Å². The molecule has 1 aliphatic heterocycles. The van der Waals surface area contributed by atoms with Crippen molar-refractivity contribution in [2.45, 2.75) is 51.3 Å². The fourth-order valence-electron chi connectivity index (χ4n) is 2.89. The minimum absolute atomic E-state index is 0.0202. The van der Waals surface area contributed by atoms with Gasteiger partial charge in [0.05, 0.1) is 12.6 Å². The molecule has 6 nitrogen and oxygen atoms in total. The fraction of sp³-hybridized carbons (Fsp3) is 0.556. The quantitative estimate of drug-likeness (QED) is 0.885. The van der Waals surface area contributed by atoms with Gasteiger partial charge in [-0.15, -0.1) is 0 Å². The summed E-state index contributed by atoms with van der Waals surface area (Å²) in [6.45, 7) is 5.39. The number of carbonyl (C=O) groups excluding carboxylic acids is 2. The fourth-order valence-corrected chi connectivity index (χ4v) is 2.89. The second-order valence-electron chi connectivity index (χ2n) is 6.98. The number of benzene rings is 1. The molecule has 1 fully saturated rings. The van der Waals surface area contributed by atoms with E-state index in [0.29, 0.717) is 6.54 Å². The highest BCUT2D eigenvalue weighted by Crippen LogP contribution is 2.32. The van der Waals surface area contributed by atoms with Gasteiger partial charge in [-0.1, -0.05) is 30.3 Å². The van der Waals surface area contributed by atoms with E-state index >= 15 is 0 Å². The number of nitrogens with zero attached hydrogens (tertiary/aromatic N) is 1. The van der Waals surface area contributed by atoms with Crippen LogP contribution < -0.4 is 5.32 Å². The van der Waals surface area contributed by atoms with Gasteiger partial charge in [0.15, 0.2) is 0 Å². The Labute approximate surface area is 142 Å². The summed E-state index contributed by atoms with van der Waals surface area (Å²) in [6.07, 6.45) is 1.07. The summed E-state index contributed by atoms with van der Waals surface area (Å²) < 4.78 is 5.16. The van der Waals surface area contributed by atoms with Crippen LogP contribution in [0.3, 0.4) is 0 Å². The Bertz CT molecular complexity index is 568. The third-order valence-electron chi connectivity index (χ3n) is 3.89. The molecule has 2 unspecified atom stereocenters. The van der Waals surface area contributed by atoms with Crippen LogP contribution in [-0.2, 0) is 9.53 Å². The maximum absolute atomic E-state index is 12.8. The number of hydrogen-bond donors (Lipinski definition) is 2. The van der Waals surface area contributed by atoms with Crippen molar-refractivity contribution < 1.29 is 19.4 Å². The smallest absolute Gasteiger partial charge is 0.408 e. The molecule has 2 amide bonds. The van der Waals surface area contributed by atoms with E-state index in [2.05, 4.69) is 5.32 Å². The zero-order valence-electron chi connectivity index (χ0n) is 14.5. The summed E-state index contributed by atoms with van der Waals surface area (Å²) in [5, 5.41) is 12.0. The van der Waals surface area contributed by atoms with Gasteiger partial charge in [0, 0.05) is 6.54 Å². The van der Waals surface area contributed by atoms with Gasteiger partial charge in [-0.2, -0.15) is 0 Å². The molecule has 0 radical (unpaired) electrons. The van der Waals surface area contributed by atoms with Crippen LogP contribution in [0.5, 0.6) is 0 Å². The van der Waals surface area contributed by atoms with Crippen molar-refractivity contribution in [3.05, 3.63) is 35.9 Å². The molecule has 0 bridgehead atoms. The molecule has 2 atom stereocenters. The van der Waals surface area contributed by atoms with Crippen molar-refractivity contribution in [2.75, 3.05) is 13.2 Å². The van der Waals surface area contributed by atoms with Crippen molar-refractivity contribution in [3.8, 4) is 0 Å². The summed E-state index contributed by atoms with van der Waals surface area (Å²) >= 11 is 0. The Kier molecular flexibility index (Phi) is 5.83. The van der Waals surface area contributed by atoms with Crippen LogP contribution in [0.4, 0.5) is 4.79 Å². The molecule has 6 heteroatoms. The molecule has 0 spiro atoms. The van der Waals surface area contributed by atoms with Crippen molar-refractivity contribution >= 4 is 12.0 Å². The number of ether oxygens (including phenoxy) is 1. The minimum atomic E-state index is -0.996. The standard InChI is InChI=1S/C18H26N2O4/c1-18(2,3)24-17(23)19-14(12-21)16(22)20-11-7-10-15(20)13-8-5-4-6-9-13/h4-6,8-9,14-15,21H,7,10-12H2,1-3H3,(H,19,23). The zero-order chi connectivity index (χ0) is 17.7. The molecule has 24 heavy (non-hydrogen) atoms. The van der Waals surface area contributed by atoms with Crippen LogP contribution in [0.1, 0.15) is 45.2 Å². The van der Waals surface area contributed by atoms with Crippen LogP contribution in [0, 0.1) is 0 Å². The van der Waals surface area contributed by atoms with Gasteiger partial charge < -0.3 is 20.1 Å². The second-order valence-corrected chi connectivity index (χ2v) is 6.98. The molecule has 1 aliphatic rings. The van der Waals surface area contributed by atoms with E-state index in [1.807, 2.05) is 30.3 Å². The van der Waals surface area contributed by atoms with E-state index in [1.54, 1.807) is 25.7 Å². The van der Waals surface area contributed by atoms with Gasteiger partial charge in [-0.05, 0) is 39.2 Å². The number of nitrogens with one attached hydrogen (secondary N) is 1. The van der Waals surface area contributed by atoms with Crippen molar-refractivity contribution in [2.24, 2.45) is 0 Å². The van der Waals surface area contributed by atoms with Crippen LogP contribution in [0.2, 0.25) is 0 Å². The van der Waals surface area contributed by atoms with Crippen LogP contribution >= 0.6 is 0 Å². The van der Waals surface area contributed by atoms with Crippen LogP contribution in [0.25, 0.3) is 0 Å². The predicted molar refractivity (Wildman–Crippen MR) is 90.4 cm³/mol. The summed E-state index contributed by atoms with van der Waals surface area (Å²) in [4.78, 5) is 26.4. The number of amides is 2. The first-order valence-corrected chi connectivity index (χ1v) is 8.27. The Morgan fingerprint density at radius 3 is 2.58 bits per heavy atom. The third-order valence-corrected chi connectivity index (χ3v) is 3.89. The van der Waals surface area contributed by atoms with E-state index in [1.165, 1.54) is 0 Å². The molecule has 0 saturated carbocycles. The first kappa shape index (κ1) is 18.3. The van der Waals surface area contributed by atoms with Crippen molar-refractivity contribution in [1.29, 1.82) is 0 Å². The van der Waals surface area contributed by atoms with E-state index < -0.39 is 24.3 Å². The Balaban J connectivity index is 2.06. The Morgan fingerprint density at radius 1 is 1.33 bits per heavy atom. The maximum Gasteiger partial charge on any atom is 0.408 e. The van der Waals surface area contributed by atoms with E-state index in [0.717, 1.165) is 18.4 Å². The van der Waals surface area contributed by atoms with Gasteiger partial charge in [0.25, 0.3) is 0 Å². The lowest BCUT2D eigenvalue weighted by atomic mass is 10.0. The first-order chi connectivity index (χ1) is 11.3. The molecular weight excluding hydrogens is 308 g/mol. The van der Waals surface area contributed by atoms with Crippen LogP contribution in [-0.4, -0.2) is 46.8 Å². The number of likely N-dealkylation sites (tertiary alicyclic amines) is 1. The molecule has 0 aromatic heterocycles. The monoisotopic (exact) mass is 334 g/mol. The number of aliphatic hydroxyl groups excluding tert-OH is 1. The average Bonchev–Trinajstić information content (AvgIpc) is 3.00. The second kappa shape index (κ2) is 7.66. The van der Waals surface area contributed by atoms with E-state index in [4.69, 9.17) is 4.74 Å². The lowest BCUT2D eigenvalue weighted by Gasteiger charge is -2.29. The van der Waals surface area contributed by atoms with Gasteiger partial charge in [-0.3, -0.25) is 4.79 Å². The van der Waals surface area contributed by atoms with Gasteiger partial charge in [0.2, 0.25) is 5.91 Å². The molecule has 132 valence electrons. The summed E-state index contributed by atoms with van der Waals surface area (Å²) in [7, 11) is 0. The number of aliphatic hydroxyl groups is 1. The van der Waals surface area contributed by atoms with Crippen molar-refractivity contribution in [1.82, 2.24) is 10.2 Å². The van der Waals surface area contributed by atoms with Crippen molar-refractivity contribution in [3.63, 3.8) is 0 Å². The number of hydrogen-bond acceptors (Lipinski definition) is 4. The topological polar surface area (TPSA) is 78.9 Å². The molecule has 1 aromatic carbocycles. The predicted octanol–water partition coefficient (Wildman–Crippen LogP) is 2.24. The molecule has 2 rings (SSSR count). The maximum atomic E-state index is 12.8. The Hall–Kier alpha value is -2.08. The van der Waals surface area contributed by atoms with Crippen LogP contribution in [0.15, 0.2) is 30.3 Å². The SMILES string of the molecule is CC(C)(C)OC(=O)NC(CO)C(=O)N1CCCC1c1ccccc1. The minimum Gasteiger partial charge on any atom is -0.444 e. The molecule has 1 saturated heterocycles. The third kappa shape index (κ3) is 4.71. The number of rotatable bonds is 4. The molecular formula is C18H26N2O4. The highest BCUT2D eigenvalue weighted by molar-refractivity contribution is 5.86. The lowest BCUT2D eigenvalue weighted by Crippen LogP contribution is -2.51. The Morgan fingerprint density at radius 2 is 2.00 bits per heavy atom. The number of carbonyl (C=O) groups is 2. The largest absolute Gasteiger partial charge is 0.444 e. The van der Waals surface area contributed by atoms with Gasteiger partial charge >= 0.3 is 6.09 Å². The highest BCUT2D eigenvalue weighted by atomic mass is 16.6. The summed E-state index contributed by atoms with van der Waals surface area (Å²) in [5.41, 5.74) is 0.408. The molecule has 1 aromatic rings. The average molecular weight is 334 g/mol. The first-order valence-electron chi connectivity index (χ1n) is 8.27.